The Morgan fingerprint density at radius 1 is 1.16 bits per heavy atom. The fraction of sp³-hybridized carbons (Fsp3) is 0.0588. The lowest BCUT2D eigenvalue weighted by atomic mass is 10.1. The van der Waals surface area contributed by atoms with Crippen molar-refractivity contribution in [1.29, 1.82) is 0 Å². The first-order valence-corrected chi connectivity index (χ1v) is 8.66. The summed E-state index contributed by atoms with van der Waals surface area (Å²) in [5.41, 5.74) is 2.52. The molecule has 0 aliphatic carbocycles. The molecule has 0 saturated heterocycles. The largest absolute Gasteiger partial charge is 0.296 e. The maximum Gasteiger partial charge on any atom is 0.257 e. The highest BCUT2D eigenvalue weighted by Gasteiger charge is 2.15. The molecule has 0 radical (unpaired) electrons. The van der Waals surface area contributed by atoms with Crippen LogP contribution in [0, 0.1) is 6.92 Å². The summed E-state index contributed by atoms with van der Waals surface area (Å²) in [5, 5.41) is 16.5. The van der Waals surface area contributed by atoms with Crippen LogP contribution in [0.4, 0.5) is 5.13 Å². The number of halogens is 1. The molecule has 25 heavy (non-hydrogen) atoms. The fourth-order valence-corrected chi connectivity index (χ4v) is 3.36. The zero-order valence-corrected chi connectivity index (χ0v) is 14.7. The first-order valence-electron chi connectivity index (χ1n) is 7.46. The van der Waals surface area contributed by atoms with Crippen molar-refractivity contribution in [2.75, 3.05) is 5.32 Å². The summed E-state index contributed by atoms with van der Waals surface area (Å²) in [6.07, 6.45) is 0. The summed E-state index contributed by atoms with van der Waals surface area (Å²) in [6.45, 7) is 2.01. The molecule has 0 unspecified atom stereocenters. The number of carbonyl (C=O) groups excluding carboxylic acids is 1. The normalized spacial score (nSPS) is 11.0. The fourth-order valence-electron chi connectivity index (χ4n) is 2.43. The number of hydrogen-bond donors (Lipinski definition) is 1. The van der Waals surface area contributed by atoms with E-state index in [2.05, 4.69) is 20.6 Å². The predicted octanol–water partition coefficient (Wildman–Crippen LogP) is 4.07. The molecule has 2 aromatic heterocycles. The average molecular weight is 370 g/mol. The quantitative estimate of drug-likeness (QED) is 0.591. The molecule has 1 amide bonds. The zero-order chi connectivity index (χ0) is 17.4. The molecule has 2 aromatic carbocycles. The number of aromatic nitrogens is 4. The summed E-state index contributed by atoms with van der Waals surface area (Å²) >= 11 is 7.18. The maximum absolute atomic E-state index is 12.3. The van der Waals surface area contributed by atoms with E-state index in [9.17, 15) is 4.79 Å². The Morgan fingerprint density at radius 3 is 2.80 bits per heavy atom. The molecule has 0 fully saturated rings. The highest BCUT2D eigenvalue weighted by Crippen LogP contribution is 2.25. The van der Waals surface area contributed by atoms with E-state index in [4.69, 9.17) is 11.6 Å². The van der Waals surface area contributed by atoms with E-state index in [1.54, 1.807) is 28.8 Å². The van der Waals surface area contributed by atoms with Crippen LogP contribution >= 0.6 is 22.9 Å². The van der Waals surface area contributed by atoms with Gasteiger partial charge in [-0.3, -0.25) is 10.1 Å². The van der Waals surface area contributed by atoms with Crippen LogP contribution in [0.1, 0.15) is 15.9 Å². The van der Waals surface area contributed by atoms with Crippen molar-refractivity contribution in [3.8, 4) is 11.4 Å². The molecule has 0 bridgehead atoms. The van der Waals surface area contributed by atoms with Gasteiger partial charge in [-0.05, 0) is 31.2 Å². The van der Waals surface area contributed by atoms with Gasteiger partial charge in [0.2, 0.25) is 10.1 Å². The lowest BCUT2D eigenvalue weighted by Gasteiger charge is -2.01. The van der Waals surface area contributed by atoms with Crippen LogP contribution in [0.5, 0.6) is 0 Å². The standard InChI is InChI=1S/C17H12ClN5OS/c1-10-4-2-5-11(8-10)14-20-21-17-23(14)22-16(25-17)19-15(24)12-6-3-7-13(18)9-12/h2-9H,1H3,(H,19,22,24). The van der Waals surface area contributed by atoms with Gasteiger partial charge in [0, 0.05) is 16.1 Å². The average Bonchev–Trinajstić information content (AvgIpc) is 3.14. The van der Waals surface area contributed by atoms with Gasteiger partial charge in [-0.25, -0.2) is 0 Å². The molecule has 0 atom stereocenters. The molecular formula is C17H12ClN5OS. The van der Waals surface area contributed by atoms with Crippen LogP contribution in [-0.2, 0) is 0 Å². The molecule has 4 aromatic rings. The monoisotopic (exact) mass is 369 g/mol. The number of nitrogens with zero attached hydrogens (tertiary/aromatic N) is 4. The van der Waals surface area contributed by atoms with Crippen LogP contribution in [0.25, 0.3) is 16.3 Å². The highest BCUT2D eigenvalue weighted by atomic mass is 35.5. The number of anilines is 1. The molecule has 0 aliphatic heterocycles. The molecular weight excluding hydrogens is 358 g/mol. The predicted molar refractivity (Wildman–Crippen MR) is 98.2 cm³/mol. The number of aryl methyl sites for hydroxylation is 1. The van der Waals surface area contributed by atoms with Gasteiger partial charge in [0.15, 0.2) is 5.82 Å². The molecule has 0 aliphatic rings. The molecule has 2 heterocycles. The van der Waals surface area contributed by atoms with Crippen molar-refractivity contribution in [3.05, 3.63) is 64.7 Å². The smallest absolute Gasteiger partial charge is 0.257 e. The number of benzene rings is 2. The van der Waals surface area contributed by atoms with Crippen LogP contribution in [0.2, 0.25) is 5.02 Å². The number of rotatable bonds is 3. The zero-order valence-electron chi connectivity index (χ0n) is 13.1. The number of amides is 1. The van der Waals surface area contributed by atoms with Gasteiger partial charge in [0.05, 0.1) is 0 Å². The second kappa shape index (κ2) is 6.27. The first kappa shape index (κ1) is 15.7. The Labute approximate surface area is 152 Å². The van der Waals surface area contributed by atoms with Crippen molar-refractivity contribution in [2.45, 2.75) is 6.92 Å². The second-order valence-corrected chi connectivity index (χ2v) is 6.85. The minimum atomic E-state index is -0.274. The van der Waals surface area contributed by atoms with E-state index in [1.165, 1.54) is 11.3 Å². The van der Waals surface area contributed by atoms with Crippen LogP contribution in [0.3, 0.4) is 0 Å². The van der Waals surface area contributed by atoms with Gasteiger partial charge in [-0.15, -0.1) is 15.3 Å². The Kier molecular flexibility index (Phi) is 3.95. The number of fused-ring (bicyclic) bond motifs is 1. The van der Waals surface area contributed by atoms with Crippen LogP contribution < -0.4 is 5.32 Å². The third kappa shape index (κ3) is 3.11. The van der Waals surface area contributed by atoms with E-state index in [1.807, 2.05) is 31.2 Å². The highest BCUT2D eigenvalue weighted by molar-refractivity contribution is 7.20. The third-order valence-electron chi connectivity index (χ3n) is 3.57. The van der Waals surface area contributed by atoms with Gasteiger partial charge in [0.25, 0.3) is 5.91 Å². The summed E-state index contributed by atoms with van der Waals surface area (Å²) < 4.78 is 1.63. The maximum atomic E-state index is 12.3. The first-order chi connectivity index (χ1) is 12.1. The van der Waals surface area contributed by atoms with Gasteiger partial charge in [0.1, 0.15) is 0 Å². The van der Waals surface area contributed by atoms with E-state index >= 15 is 0 Å². The molecule has 6 nitrogen and oxygen atoms in total. The summed E-state index contributed by atoms with van der Waals surface area (Å²) in [6, 6.07) is 14.7. The Morgan fingerprint density at radius 2 is 2.00 bits per heavy atom. The number of nitrogens with one attached hydrogen (secondary N) is 1. The van der Waals surface area contributed by atoms with Gasteiger partial charge < -0.3 is 0 Å². The SMILES string of the molecule is Cc1cccc(-c2nnc3sc(NC(=O)c4cccc(Cl)c4)nn23)c1. The van der Waals surface area contributed by atoms with E-state index in [-0.39, 0.29) is 5.91 Å². The lowest BCUT2D eigenvalue weighted by molar-refractivity contribution is 0.102. The van der Waals surface area contributed by atoms with E-state index in [0.29, 0.717) is 26.5 Å². The molecule has 8 heteroatoms. The summed E-state index contributed by atoms with van der Waals surface area (Å²) in [5.74, 6) is 0.364. The molecule has 0 spiro atoms. The Hall–Kier alpha value is -2.77. The number of carbonyl (C=O) groups is 1. The second-order valence-electron chi connectivity index (χ2n) is 5.46. The van der Waals surface area contributed by atoms with Crippen molar-refractivity contribution in [1.82, 2.24) is 19.8 Å². The molecule has 4 rings (SSSR count). The topological polar surface area (TPSA) is 72.2 Å². The minimum Gasteiger partial charge on any atom is -0.296 e. The summed E-state index contributed by atoms with van der Waals surface area (Å²) in [4.78, 5) is 12.9. The van der Waals surface area contributed by atoms with Crippen molar-refractivity contribution < 1.29 is 4.79 Å². The minimum absolute atomic E-state index is 0.274. The Bertz CT molecular complexity index is 1090. The van der Waals surface area contributed by atoms with E-state index < -0.39 is 0 Å². The van der Waals surface area contributed by atoms with Gasteiger partial charge in [-0.1, -0.05) is 52.8 Å². The molecule has 0 saturated carbocycles. The number of hydrogen-bond acceptors (Lipinski definition) is 5. The molecule has 1 N–H and O–H groups in total. The van der Waals surface area contributed by atoms with Crippen LogP contribution in [-0.4, -0.2) is 25.7 Å². The lowest BCUT2D eigenvalue weighted by Crippen LogP contribution is -2.11. The van der Waals surface area contributed by atoms with Gasteiger partial charge >= 0.3 is 0 Å². The van der Waals surface area contributed by atoms with E-state index in [0.717, 1.165) is 11.1 Å². The van der Waals surface area contributed by atoms with Crippen molar-refractivity contribution in [2.24, 2.45) is 0 Å². The van der Waals surface area contributed by atoms with Crippen LogP contribution in [0.15, 0.2) is 48.5 Å². The third-order valence-corrected chi connectivity index (χ3v) is 4.62. The Balaban J connectivity index is 1.65. The van der Waals surface area contributed by atoms with Crippen molar-refractivity contribution in [3.63, 3.8) is 0 Å². The summed E-state index contributed by atoms with van der Waals surface area (Å²) in [7, 11) is 0. The molecule has 124 valence electrons. The van der Waals surface area contributed by atoms with Crippen molar-refractivity contribution >= 4 is 38.9 Å². The van der Waals surface area contributed by atoms with Gasteiger partial charge in [-0.2, -0.15) is 4.52 Å².